The molecule has 1 spiro atoms. The lowest BCUT2D eigenvalue weighted by atomic mass is 9.65. The van der Waals surface area contributed by atoms with Crippen molar-refractivity contribution in [2.45, 2.75) is 31.2 Å². The molecule has 0 atom stereocenters. The van der Waals surface area contributed by atoms with Gasteiger partial charge in [0.2, 0.25) is 5.91 Å². The molecule has 0 unspecified atom stereocenters. The molecule has 1 heterocycles. The molecule has 1 saturated carbocycles. The van der Waals surface area contributed by atoms with E-state index in [0.29, 0.717) is 6.54 Å². The lowest BCUT2D eigenvalue weighted by Crippen LogP contribution is -2.44. The van der Waals surface area contributed by atoms with Gasteiger partial charge in [0.25, 0.3) is 0 Å². The molecule has 1 aliphatic heterocycles. The van der Waals surface area contributed by atoms with Gasteiger partial charge >= 0.3 is 0 Å². The molecule has 1 fully saturated rings. The second kappa shape index (κ2) is 6.02. The Balaban J connectivity index is 1.75. The molecule has 0 aromatic heterocycles. The van der Waals surface area contributed by atoms with Crippen molar-refractivity contribution in [2.75, 3.05) is 12.0 Å². The van der Waals surface area contributed by atoms with Crippen molar-refractivity contribution in [2.24, 2.45) is 0 Å². The molecule has 0 saturated heterocycles. The normalized spacial score (nSPS) is 17.8. The first-order valence-electron chi connectivity index (χ1n) is 7.99. The van der Waals surface area contributed by atoms with Crippen molar-refractivity contribution < 1.29 is 9.53 Å². The van der Waals surface area contributed by atoms with Crippen molar-refractivity contribution >= 4 is 50.1 Å². The van der Waals surface area contributed by atoms with Crippen LogP contribution in [-0.2, 0) is 16.8 Å². The van der Waals surface area contributed by atoms with E-state index >= 15 is 0 Å². The summed E-state index contributed by atoms with van der Waals surface area (Å²) in [6.07, 6.45) is 3.06. The molecular formula is C19H17BrINO2. The molecule has 124 valence electrons. The summed E-state index contributed by atoms with van der Waals surface area (Å²) in [5.41, 5.74) is 3.13. The van der Waals surface area contributed by atoms with Crippen LogP contribution in [0.5, 0.6) is 5.75 Å². The van der Waals surface area contributed by atoms with Crippen molar-refractivity contribution in [3.8, 4) is 5.75 Å². The zero-order valence-electron chi connectivity index (χ0n) is 13.3. The lowest BCUT2D eigenvalue weighted by Gasteiger charge is -2.37. The number of halogens is 2. The highest BCUT2D eigenvalue weighted by molar-refractivity contribution is 14.1. The van der Waals surface area contributed by atoms with Crippen molar-refractivity contribution in [3.05, 3.63) is 55.6 Å². The number of methoxy groups -OCH3 is 1. The summed E-state index contributed by atoms with van der Waals surface area (Å²) in [6.45, 7) is 0.606. The monoisotopic (exact) mass is 497 g/mol. The predicted molar refractivity (Wildman–Crippen MR) is 107 cm³/mol. The first kappa shape index (κ1) is 16.4. The summed E-state index contributed by atoms with van der Waals surface area (Å²) in [5, 5.41) is 0. The number of hydrogen-bond acceptors (Lipinski definition) is 2. The minimum Gasteiger partial charge on any atom is -0.497 e. The third-order valence-electron chi connectivity index (χ3n) is 5.18. The average molecular weight is 498 g/mol. The van der Waals surface area contributed by atoms with E-state index in [1.807, 2.05) is 29.2 Å². The molecule has 5 heteroatoms. The number of ether oxygens (including phenoxy) is 1. The molecule has 3 nitrogen and oxygen atoms in total. The maximum absolute atomic E-state index is 13.2. The number of nitrogens with zero attached hydrogens (tertiary/aromatic N) is 1. The van der Waals surface area contributed by atoms with Crippen molar-refractivity contribution in [1.82, 2.24) is 0 Å². The third-order valence-corrected chi connectivity index (χ3v) is 6.46. The van der Waals surface area contributed by atoms with Crippen LogP contribution < -0.4 is 9.64 Å². The minimum atomic E-state index is -0.286. The standard InChI is InChI=1S/C19H17BrINO2/c1-24-14-5-3-12(4-6-14)11-22-17-15(9-13(20)10-16(17)21)19(18(22)23)7-2-8-19/h3-6,9-10H,2,7-8,11H2,1H3. The summed E-state index contributed by atoms with van der Waals surface area (Å²) < 4.78 is 7.40. The molecular weight excluding hydrogens is 481 g/mol. The highest BCUT2D eigenvalue weighted by Crippen LogP contribution is 2.55. The van der Waals surface area contributed by atoms with E-state index in [1.54, 1.807) is 7.11 Å². The summed E-state index contributed by atoms with van der Waals surface area (Å²) in [5.74, 6) is 1.09. The van der Waals surface area contributed by atoms with Gasteiger partial charge in [-0.3, -0.25) is 4.79 Å². The highest BCUT2D eigenvalue weighted by Gasteiger charge is 2.55. The second-order valence-corrected chi connectivity index (χ2v) is 8.54. The van der Waals surface area contributed by atoms with Crippen LogP contribution >= 0.6 is 38.5 Å². The van der Waals surface area contributed by atoms with E-state index < -0.39 is 0 Å². The van der Waals surface area contributed by atoms with Crippen LogP contribution in [0.3, 0.4) is 0 Å². The summed E-state index contributed by atoms with van der Waals surface area (Å²) >= 11 is 5.94. The van der Waals surface area contributed by atoms with Gasteiger partial charge in [0.1, 0.15) is 5.75 Å². The Kier molecular flexibility index (Phi) is 4.11. The number of carbonyl (C=O) groups excluding carboxylic acids is 1. The van der Waals surface area contributed by atoms with Gasteiger partial charge in [0.05, 0.1) is 24.8 Å². The fourth-order valence-electron chi connectivity index (χ4n) is 3.76. The molecule has 4 rings (SSSR count). The maximum Gasteiger partial charge on any atom is 0.238 e. The first-order valence-corrected chi connectivity index (χ1v) is 9.87. The van der Waals surface area contributed by atoms with E-state index in [2.05, 4.69) is 50.7 Å². The van der Waals surface area contributed by atoms with Crippen molar-refractivity contribution in [3.63, 3.8) is 0 Å². The second-order valence-electron chi connectivity index (χ2n) is 6.46. The Morgan fingerprint density at radius 2 is 1.96 bits per heavy atom. The molecule has 1 amide bonds. The summed E-state index contributed by atoms with van der Waals surface area (Å²) in [6, 6.07) is 12.2. The Bertz CT molecular complexity index is 815. The molecule has 0 radical (unpaired) electrons. The summed E-state index contributed by atoms with van der Waals surface area (Å²) in [7, 11) is 1.66. The average Bonchev–Trinajstić information content (AvgIpc) is 2.77. The van der Waals surface area contributed by atoms with E-state index in [0.717, 1.165) is 44.3 Å². The lowest BCUT2D eigenvalue weighted by molar-refractivity contribution is -0.126. The number of carbonyl (C=O) groups is 1. The Morgan fingerprint density at radius 1 is 1.25 bits per heavy atom. The molecule has 2 aromatic carbocycles. The van der Waals surface area contributed by atoms with Gasteiger partial charge < -0.3 is 9.64 Å². The van der Waals surface area contributed by atoms with Crippen LogP contribution in [0.2, 0.25) is 0 Å². The van der Waals surface area contributed by atoms with Gasteiger partial charge in [-0.05, 0) is 70.8 Å². The quantitative estimate of drug-likeness (QED) is 0.556. The zero-order chi connectivity index (χ0) is 16.9. The van der Waals surface area contributed by atoms with E-state index in [4.69, 9.17) is 4.74 Å². The van der Waals surface area contributed by atoms with Gasteiger partial charge in [-0.15, -0.1) is 0 Å². The van der Waals surface area contributed by atoms with Crippen LogP contribution in [0.4, 0.5) is 5.69 Å². The first-order chi connectivity index (χ1) is 11.5. The van der Waals surface area contributed by atoms with E-state index in [-0.39, 0.29) is 11.3 Å². The van der Waals surface area contributed by atoms with Gasteiger partial charge in [0, 0.05) is 8.04 Å². The minimum absolute atomic E-state index is 0.260. The zero-order valence-corrected chi connectivity index (χ0v) is 17.1. The van der Waals surface area contributed by atoms with Gasteiger partial charge in [-0.1, -0.05) is 34.5 Å². The van der Waals surface area contributed by atoms with E-state index in [1.165, 1.54) is 5.56 Å². The number of benzene rings is 2. The van der Waals surface area contributed by atoms with Gasteiger partial charge in [-0.25, -0.2) is 0 Å². The smallest absolute Gasteiger partial charge is 0.238 e. The molecule has 2 aliphatic rings. The highest BCUT2D eigenvalue weighted by atomic mass is 127. The number of anilines is 1. The largest absolute Gasteiger partial charge is 0.497 e. The molecule has 2 aromatic rings. The number of fused-ring (bicyclic) bond motifs is 2. The topological polar surface area (TPSA) is 29.5 Å². The van der Waals surface area contributed by atoms with Gasteiger partial charge in [-0.2, -0.15) is 0 Å². The van der Waals surface area contributed by atoms with Crippen LogP contribution in [0.25, 0.3) is 0 Å². The number of hydrogen-bond donors (Lipinski definition) is 0. The molecule has 0 N–H and O–H groups in total. The SMILES string of the molecule is COc1ccc(CN2C(=O)C3(CCC3)c3cc(Br)cc(I)c32)cc1. The molecule has 1 aliphatic carbocycles. The maximum atomic E-state index is 13.2. The fraction of sp³-hybridized carbons (Fsp3) is 0.316. The fourth-order valence-corrected chi connectivity index (χ4v) is 5.56. The van der Waals surface area contributed by atoms with Crippen LogP contribution in [0, 0.1) is 3.57 Å². The van der Waals surface area contributed by atoms with Crippen LogP contribution in [-0.4, -0.2) is 13.0 Å². The molecule has 0 bridgehead atoms. The Labute approximate surface area is 163 Å². The van der Waals surface area contributed by atoms with Crippen molar-refractivity contribution in [1.29, 1.82) is 0 Å². The van der Waals surface area contributed by atoms with E-state index in [9.17, 15) is 4.79 Å². The number of amides is 1. The third kappa shape index (κ3) is 2.39. The van der Waals surface area contributed by atoms with Crippen LogP contribution in [0.1, 0.15) is 30.4 Å². The Hall–Kier alpha value is -1.08. The summed E-state index contributed by atoms with van der Waals surface area (Å²) in [4.78, 5) is 15.2. The van der Waals surface area contributed by atoms with Gasteiger partial charge in [0.15, 0.2) is 0 Å². The number of rotatable bonds is 3. The Morgan fingerprint density at radius 3 is 2.54 bits per heavy atom. The predicted octanol–water partition coefficient (Wildman–Crippen LogP) is 5.03. The van der Waals surface area contributed by atoms with Crippen LogP contribution in [0.15, 0.2) is 40.9 Å². The molecule has 24 heavy (non-hydrogen) atoms.